The van der Waals surface area contributed by atoms with E-state index in [1.54, 1.807) is 24.3 Å². The smallest absolute Gasteiger partial charge is 0.308 e. The molecule has 0 radical (unpaired) electrons. The van der Waals surface area contributed by atoms with Crippen LogP contribution >= 0.6 is 0 Å². The Bertz CT molecular complexity index is 981. The SMILES string of the molecule is CCCc1oc2cc(C)ccc2c(=O)c1-c1ccc(OC(C)=O)cc1. The quantitative estimate of drug-likeness (QED) is 0.514. The Hall–Kier alpha value is -2.88. The van der Waals surface area contributed by atoms with E-state index in [9.17, 15) is 9.59 Å². The molecule has 25 heavy (non-hydrogen) atoms. The molecule has 0 N–H and O–H groups in total. The van der Waals surface area contributed by atoms with Gasteiger partial charge in [0.25, 0.3) is 0 Å². The Kier molecular flexibility index (Phi) is 4.70. The molecule has 0 saturated heterocycles. The number of fused-ring (bicyclic) bond motifs is 1. The van der Waals surface area contributed by atoms with Gasteiger partial charge >= 0.3 is 5.97 Å². The third-order valence-electron chi connectivity index (χ3n) is 4.00. The van der Waals surface area contributed by atoms with Gasteiger partial charge in [0.2, 0.25) is 5.43 Å². The van der Waals surface area contributed by atoms with E-state index < -0.39 is 0 Å². The normalized spacial score (nSPS) is 10.8. The second-order valence-corrected chi connectivity index (χ2v) is 6.10. The minimum absolute atomic E-state index is 0.0371. The van der Waals surface area contributed by atoms with Gasteiger partial charge in [-0.05, 0) is 48.7 Å². The highest BCUT2D eigenvalue weighted by Crippen LogP contribution is 2.27. The highest BCUT2D eigenvalue weighted by molar-refractivity contribution is 5.83. The van der Waals surface area contributed by atoms with E-state index >= 15 is 0 Å². The van der Waals surface area contributed by atoms with E-state index in [-0.39, 0.29) is 11.4 Å². The molecule has 0 bridgehead atoms. The summed E-state index contributed by atoms with van der Waals surface area (Å²) in [6, 6.07) is 12.5. The van der Waals surface area contributed by atoms with Crippen LogP contribution in [0.4, 0.5) is 0 Å². The number of carbonyl (C=O) groups is 1. The zero-order chi connectivity index (χ0) is 18.0. The first kappa shape index (κ1) is 17.0. The molecule has 0 saturated carbocycles. The Morgan fingerprint density at radius 2 is 1.84 bits per heavy atom. The van der Waals surface area contributed by atoms with Gasteiger partial charge < -0.3 is 9.15 Å². The minimum atomic E-state index is -0.375. The van der Waals surface area contributed by atoms with Gasteiger partial charge in [0.05, 0.1) is 10.9 Å². The van der Waals surface area contributed by atoms with Crippen LogP contribution in [0.5, 0.6) is 5.75 Å². The summed E-state index contributed by atoms with van der Waals surface area (Å²) in [4.78, 5) is 24.1. The largest absolute Gasteiger partial charge is 0.460 e. The predicted molar refractivity (Wildman–Crippen MR) is 98.0 cm³/mol. The molecule has 0 amide bonds. The number of hydrogen-bond donors (Lipinski definition) is 0. The third-order valence-corrected chi connectivity index (χ3v) is 4.00. The first-order valence-corrected chi connectivity index (χ1v) is 8.34. The maximum atomic E-state index is 13.1. The summed E-state index contributed by atoms with van der Waals surface area (Å²) in [5.74, 6) is 0.764. The highest BCUT2D eigenvalue weighted by Gasteiger charge is 2.16. The van der Waals surface area contributed by atoms with Gasteiger partial charge in [-0.15, -0.1) is 0 Å². The molecule has 0 unspecified atom stereocenters. The lowest BCUT2D eigenvalue weighted by Crippen LogP contribution is -2.09. The molecular weight excluding hydrogens is 316 g/mol. The summed E-state index contributed by atoms with van der Waals surface area (Å²) >= 11 is 0. The number of esters is 1. The van der Waals surface area contributed by atoms with Gasteiger partial charge in [-0.25, -0.2) is 0 Å². The molecule has 128 valence electrons. The average molecular weight is 336 g/mol. The summed E-state index contributed by atoms with van der Waals surface area (Å²) in [7, 11) is 0. The average Bonchev–Trinajstić information content (AvgIpc) is 2.56. The molecule has 1 aromatic heterocycles. The topological polar surface area (TPSA) is 56.5 Å². The number of aryl methyl sites for hydroxylation is 2. The molecule has 0 aliphatic heterocycles. The second-order valence-electron chi connectivity index (χ2n) is 6.10. The lowest BCUT2D eigenvalue weighted by Gasteiger charge is -2.11. The summed E-state index contributed by atoms with van der Waals surface area (Å²) in [5, 5.41) is 0.574. The molecule has 1 heterocycles. The summed E-state index contributed by atoms with van der Waals surface area (Å²) < 4.78 is 11.1. The second kappa shape index (κ2) is 6.93. The fourth-order valence-corrected chi connectivity index (χ4v) is 2.90. The van der Waals surface area contributed by atoms with Crippen molar-refractivity contribution in [1.29, 1.82) is 0 Å². The Morgan fingerprint density at radius 3 is 2.48 bits per heavy atom. The number of carbonyl (C=O) groups excluding carboxylic acids is 1. The van der Waals surface area contributed by atoms with Crippen LogP contribution in [0.1, 0.15) is 31.6 Å². The predicted octanol–water partition coefficient (Wildman–Crippen LogP) is 4.65. The number of ether oxygens (including phenoxy) is 1. The van der Waals surface area contributed by atoms with E-state index in [4.69, 9.17) is 9.15 Å². The number of hydrogen-bond acceptors (Lipinski definition) is 4. The summed E-state index contributed by atoms with van der Waals surface area (Å²) in [5.41, 5.74) is 2.97. The van der Waals surface area contributed by atoms with Crippen LogP contribution in [0, 0.1) is 6.92 Å². The number of rotatable bonds is 4. The van der Waals surface area contributed by atoms with Gasteiger partial charge in [0.1, 0.15) is 17.1 Å². The third kappa shape index (κ3) is 3.48. The fourth-order valence-electron chi connectivity index (χ4n) is 2.90. The Labute approximate surface area is 146 Å². The van der Waals surface area contributed by atoms with Gasteiger partial charge in [-0.1, -0.05) is 25.1 Å². The molecule has 0 atom stereocenters. The van der Waals surface area contributed by atoms with Crippen LogP contribution < -0.4 is 10.2 Å². The molecule has 0 spiro atoms. The van der Waals surface area contributed by atoms with Crippen LogP contribution in [0.15, 0.2) is 51.7 Å². The van der Waals surface area contributed by atoms with Crippen molar-refractivity contribution in [2.24, 2.45) is 0 Å². The molecular formula is C21H20O4. The fraction of sp³-hybridized carbons (Fsp3) is 0.238. The Balaban J connectivity index is 2.18. The van der Waals surface area contributed by atoms with Crippen molar-refractivity contribution in [3.8, 4) is 16.9 Å². The zero-order valence-electron chi connectivity index (χ0n) is 14.6. The monoisotopic (exact) mass is 336 g/mol. The van der Waals surface area contributed by atoms with Crippen LogP contribution in [-0.4, -0.2) is 5.97 Å². The first-order chi connectivity index (χ1) is 12.0. The van der Waals surface area contributed by atoms with Crippen molar-refractivity contribution in [3.63, 3.8) is 0 Å². The number of benzene rings is 2. The minimum Gasteiger partial charge on any atom is -0.460 e. The van der Waals surface area contributed by atoms with Crippen molar-refractivity contribution in [1.82, 2.24) is 0 Å². The van der Waals surface area contributed by atoms with Gasteiger partial charge in [-0.2, -0.15) is 0 Å². The molecule has 0 aliphatic rings. The highest BCUT2D eigenvalue weighted by atomic mass is 16.5. The maximum absolute atomic E-state index is 13.1. The van der Waals surface area contributed by atoms with Crippen LogP contribution in [0.2, 0.25) is 0 Å². The summed E-state index contributed by atoms with van der Waals surface area (Å²) in [6.07, 6.45) is 1.55. The molecule has 0 fully saturated rings. The van der Waals surface area contributed by atoms with Crippen molar-refractivity contribution in [2.75, 3.05) is 0 Å². The van der Waals surface area contributed by atoms with Crippen molar-refractivity contribution < 1.29 is 13.9 Å². The molecule has 2 aromatic carbocycles. The maximum Gasteiger partial charge on any atom is 0.308 e. The molecule has 3 aromatic rings. The first-order valence-electron chi connectivity index (χ1n) is 8.34. The van der Waals surface area contributed by atoms with Crippen molar-refractivity contribution in [2.45, 2.75) is 33.6 Å². The van der Waals surface area contributed by atoms with Gasteiger partial charge in [0, 0.05) is 13.3 Å². The molecule has 4 nitrogen and oxygen atoms in total. The summed E-state index contributed by atoms with van der Waals surface area (Å²) in [6.45, 7) is 5.38. The molecule has 4 heteroatoms. The van der Waals surface area contributed by atoms with Crippen LogP contribution in [0.25, 0.3) is 22.1 Å². The van der Waals surface area contributed by atoms with Crippen LogP contribution in [0.3, 0.4) is 0 Å². The zero-order valence-corrected chi connectivity index (χ0v) is 14.6. The van der Waals surface area contributed by atoms with E-state index in [1.807, 2.05) is 32.0 Å². The lowest BCUT2D eigenvalue weighted by atomic mass is 9.99. The molecule has 3 rings (SSSR count). The van der Waals surface area contributed by atoms with Crippen molar-refractivity contribution in [3.05, 3.63) is 64.0 Å². The van der Waals surface area contributed by atoms with Crippen LogP contribution in [-0.2, 0) is 11.2 Å². The van der Waals surface area contributed by atoms with E-state index in [2.05, 4.69) is 0 Å². The van der Waals surface area contributed by atoms with Crippen molar-refractivity contribution >= 4 is 16.9 Å². The lowest BCUT2D eigenvalue weighted by molar-refractivity contribution is -0.131. The van der Waals surface area contributed by atoms with E-state index in [1.165, 1.54) is 6.92 Å². The van der Waals surface area contributed by atoms with Gasteiger partial charge in [-0.3, -0.25) is 9.59 Å². The van der Waals surface area contributed by atoms with E-state index in [0.29, 0.717) is 34.5 Å². The van der Waals surface area contributed by atoms with Gasteiger partial charge in [0.15, 0.2) is 0 Å². The standard InChI is InChI=1S/C21H20O4/c1-4-5-18-20(15-7-9-16(10-8-15)24-14(3)22)21(23)17-11-6-13(2)12-19(17)25-18/h6-12H,4-5H2,1-3H3. The Morgan fingerprint density at radius 1 is 1.12 bits per heavy atom. The molecule has 0 aliphatic carbocycles. The van der Waals surface area contributed by atoms with E-state index in [0.717, 1.165) is 17.5 Å².